The van der Waals surface area contributed by atoms with E-state index in [1.165, 1.54) is 65.2 Å². The average Bonchev–Trinajstić information content (AvgIpc) is 3.62. The monoisotopic (exact) mass is 654 g/mol. The van der Waals surface area contributed by atoms with Gasteiger partial charge in [0.1, 0.15) is 0 Å². The minimum absolute atomic E-state index is 0.453. The van der Waals surface area contributed by atoms with Gasteiger partial charge in [-0.05, 0) is 109 Å². The summed E-state index contributed by atoms with van der Waals surface area (Å²) in [5.41, 5.74) is 8.81. The molecule has 6 aromatic rings. The summed E-state index contributed by atoms with van der Waals surface area (Å²) in [5, 5.41) is 8.50. The average molecular weight is 655 g/mol. The molecule has 0 spiro atoms. The van der Waals surface area contributed by atoms with Crippen LogP contribution in [0.4, 0.5) is 0 Å². The van der Waals surface area contributed by atoms with Crippen molar-refractivity contribution in [2.45, 2.75) is 38.5 Å². The molecule has 0 heterocycles. The molecule has 0 nitrogen and oxygen atoms in total. The number of hydrogen-bond donors (Lipinski definition) is 0. The minimum Gasteiger partial charge on any atom is -0.0652 e. The molecule has 2 aliphatic rings. The van der Waals surface area contributed by atoms with E-state index in [2.05, 4.69) is 184 Å². The van der Waals surface area contributed by atoms with Crippen molar-refractivity contribution < 1.29 is 0 Å². The molecule has 6 aromatic carbocycles. The summed E-state index contributed by atoms with van der Waals surface area (Å²) in [6, 6.07) is 59.0. The van der Waals surface area contributed by atoms with E-state index in [9.17, 15) is 0 Å². The summed E-state index contributed by atoms with van der Waals surface area (Å²) >= 11 is 0. The Bertz CT molecular complexity index is 1860. The van der Waals surface area contributed by atoms with Gasteiger partial charge in [-0.1, -0.05) is 169 Å². The lowest BCUT2D eigenvalue weighted by Crippen LogP contribution is -2.21. The summed E-state index contributed by atoms with van der Waals surface area (Å²) in [6.07, 6.45) is 7.18. The second-order valence-electron chi connectivity index (χ2n) is 13.1. The molecule has 234 valence electrons. The minimum atomic E-state index is -0.625. The van der Waals surface area contributed by atoms with E-state index in [0.717, 1.165) is 12.8 Å². The van der Waals surface area contributed by atoms with Crippen LogP contribution in [0.5, 0.6) is 0 Å². The van der Waals surface area contributed by atoms with Crippen molar-refractivity contribution in [3.8, 4) is 0 Å². The first-order valence-corrected chi connectivity index (χ1v) is 19.8. The van der Waals surface area contributed by atoms with Crippen LogP contribution in [0, 0.1) is 0 Å². The highest BCUT2D eigenvalue weighted by Gasteiger charge is 2.29. The molecule has 0 aliphatic heterocycles. The molecule has 2 atom stereocenters. The lowest BCUT2D eigenvalue weighted by atomic mass is 9.85. The predicted molar refractivity (Wildman–Crippen MR) is 212 cm³/mol. The van der Waals surface area contributed by atoms with Crippen molar-refractivity contribution in [3.05, 3.63) is 191 Å². The topological polar surface area (TPSA) is 0 Å². The van der Waals surface area contributed by atoms with Crippen molar-refractivity contribution in [1.29, 1.82) is 0 Å². The van der Waals surface area contributed by atoms with E-state index >= 15 is 0 Å². The van der Waals surface area contributed by atoms with Crippen LogP contribution in [-0.2, 0) is 0 Å². The molecule has 0 saturated heterocycles. The van der Waals surface area contributed by atoms with Gasteiger partial charge >= 0.3 is 0 Å². The van der Waals surface area contributed by atoms with Crippen molar-refractivity contribution in [1.82, 2.24) is 0 Å². The molecule has 0 amide bonds. The second kappa shape index (κ2) is 13.6. The van der Waals surface area contributed by atoms with E-state index in [1.807, 2.05) is 0 Å². The highest BCUT2D eigenvalue weighted by atomic mass is 31.1. The molecule has 0 fully saturated rings. The molecule has 8 rings (SSSR count). The zero-order valence-electron chi connectivity index (χ0n) is 27.6. The van der Waals surface area contributed by atoms with E-state index in [0.29, 0.717) is 11.8 Å². The van der Waals surface area contributed by atoms with Crippen LogP contribution in [-0.4, -0.2) is 0 Å². The lowest BCUT2D eigenvalue weighted by molar-refractivity contribution is 0.612. The molecule has 2 unspecified atom stereocenters. The van der Waals surface area contributed by atoms with E-state index in [4.69, 9.17) is 0 Å². The largest absolute Gasteiger partial charge is 0.0652 e. The first kappa shape index (κ1) is 31.0. The molecule has 0 bridgehead atoms. The van der Waals surface area contributed by atoms with Gasteiger partial charge in [0.05, 0.1) is 0 Å². The first-order chi connectivity index (χ1) is 23.6. The Morgan fingerprint density at radius 2 is 0.688 bits per heavy atom. The molecule has 0 radical (unpaired) electrons. The highest BCUT2D eigenvalue weighted by molar-refractivity contribution is 7.80. The van der Waals surface area contributed by atoms with Gasteiger partial charge in [-0.2, -0.15) is 0 Å². The zero-order valence-corrected chi connectivity index (χ0v) is 29.4. The van der Waals surface area contributed by atoms with Crippen LogP contribution < -0.4 is 31.8 Å². The first-order valence-electron chi connectivity index (χ1n) is 17.1. The SMILES string of the molecule is CC1=Cc2ccc(P(c3ccccc3)c3ccccc3)cc2C1CCC1C(C)=Cc2ccc(P(c3ccccc3)c3ccccc3)cc21. The smallest absolute Gasteiger partial charge is 0.00552 e. The van der Waals surface area contributed by atoms with E-state index in [-0.39, 0.29) is 0 Å². The van der Waals surface area contributed by atoms with E-state index < -0.39 is 15.8 Å². The number of benzene rings is 6. The van der Waals surface area contributed by atoms with Crippen LogP contribution in [0.2, 0.25) is 0 Å². The van der Waals surface area contributed by atoms with Gasteiger partial charge in [0.2, 0.25) is 0 Å². The predicted octanol–water partition coefficient (Wildman–Crippen LogP) is 9.68. The Balaban J connectivity index is 1.09. The Hall–Kier alpha value is -4.34. The fourth-order valence-corrected chi connectivity index (χ4v) is 12.4. The maximum Gasteiger partial charge on any atom is 0.00552 e. The Morgan fingerprint density at radius 3 is 1.00 bits per heavy atom. The third-order valence-electron chi connectivity index (χ3n) is 10.1. The Labute approximate surface area is 288 Å². The molecule has 2 heteroatoms. The fraction of sp³-hybridized carbons (Fsp3) is 0.130. The molecule has 0 N–H and O–H groups in total. The summed E-state index contributed by atoms with van der Waals surface area (Å²) in [4.78, 5) is 0. The van der Waals surface area contributed by atoms with Crippen molar-refractivity contribution in [2.24, 2.45) is 0 Å². The molecular weight excluding hydrogens is 614 g/mol. The van der Waals surface area contributed by atoms with Crippen LogP contribution in [0.15, 0.2) is 169 Å². The Kier molecular flexibility index (Phi) is 8.80. The molecular formula is C46H40P2. The van der Waals surface area contributed by atoms with Gasteiger partial charge < -0.3 is 0 Å². The highest BCUT2D eigenvalue weighted by Crippen LogP contribution is 2.46. The quantitative estimate of drug-likeness (QED) is 0.136. The summed E-state index contributed by atoms with van der Waals surface area (Å²) in [5.74, 6) is 0.906. The van der Waals surface area contributed by atoms with Crippen LogP contribution >= 0.6 is 15.8 Å². The second-order valence-corrected chi connectivity index (χ2v) is 17.5. The van der Waals surface area contributed by atoms with Crippen LogP contribution in [0.3, 0.4) is 0 Å². The molecule has 0 saturated carbocycles. The van der Waals surface area contributed by atoms with Gasteiger partial charge in [0, 0.05) is 11.8 Å². The normalized spacial score (nSPS) is 16.5. The van der Waals surface area contributed by atoms with E-state index in [1.54, 1.807) is 0 Å². The fourth-order valence-electron chi connectivity index (χ4n) is 7.75. The molecule has 2 aliphatic carbocycles. The number of allylic oxidation sites excluding steroid dienone is 2. The van der Waals surface area contributed by atoms with Gasteiger partial charge in [-0.25, -0.2) is 0 Å². The summed E-state index contributed by atoms with van der Waals surface area (Å²) in [6.45, 7) is 4.69. The van der Waals surface area contributed by atoms with Crippen molar-refractivity contribution in [2.75, 3.05) is 0 Å². The summed E-state index contributed by atoms with van der Waals surface area (Å²) in [7, 11) is -1.25. The number of fused-ring (bicyclic) bond motifs is 2. The standard InChI is InChI=1S/C46H40P2/c1-33-29-35-23-25-41(47(37-15-7-3-8-16-37)38-17-9-4-10-18-38)31-45(35)43(33)27-28-44-34(2)30-36-24-26-42(32-46(36)44)48(39-19-11-5-12-20-39)40-21-13-6-14-22-40/h3-26,29-32,43-44H,27-28H2,1-2H3. The third kappa shape index (κ3) is 6.05. The zero-order chi connectivity index (χ0) is 32.5. The third-order valence-corrected chi connectivity index (χ3v) is 14.9. The van der Waals surface area contributed by atoms with Crippen molar-refractivity contribution >= 4 is 59.8 Å². The molecule has 0 aromatic heterocycles. The van der Waals surface area contributed by atoms with Crippen molar-refractivity contribution in [3.63, 3.8) is 0 Å². The van der Waals surface area contributed by atoms with Gasteiger partial charge in [0.15, 0.2) is 0 Å². The van der Waals surface area contributed by atoms with Gasteiger partial charge in [0.25, 0.3) is 0 Å². The number of hydrogen-bond acceptors (Lipinski definition) is 0. The number of rotatable bonds is 9. The maximum absolute atomic E-state index is 2.55. The summed E-state index contributed by atoms with van der Waals surface area (Å²) < 4.78 is 0. The maximum atomic E-state index is 2.55. The van der Waals surface area contributed by atoms with Gasteiger partial charge in [-0.15, -0.1) is 0 Å². The van der Waals surface area contributed by atoms with Gasteiger partial charge in [-0.3, -0.25) is 0 Å². The van der Waals surface area contributed by atoms with Crippen LogP contribution in [0.1, 0.15) is 60.8 Å². The van der Waals surface area contributed by atoms with Crippen LogP contribution in [0.25, 0.3) is 12.2 Å². The lowest BCUT2D eigenvalue weighted by Gasteiger charge is -2.24. The molecule has 48 heavy (non-hydrogen) atoms. The Morgan fingerprint density at radius 1 is 0.375 bits per heavy atom.